The molecule has 1 aliphatic heterocycles. The van der Waals surface area contributed by atoms with E-state index in [1.165, 1.54) is 17.0 Å². The number of hydrogen-bond acceptors (Lipinski definition) is 3. The summed E-state index contributed by atoms with van der Waals surface area (Å²) in [4.78, 5) is 19.5. The number of alkyl halides is 6. The molecule has 1 aromatic carbocycles. The van der Waals surface area contributed by atoms with E-state index in [4.69, 9.17) is 11.6 Å². The Kier molecular flexibility index (Phi) is 6.77. The van der Waals surface area contributed by atoms with E-state index in [-0.39, 0.29) is 37.0 Å². The number of carbonyl (C=O) groups excluding carboxylic acids is 1. The third kappa shape index (κ3) is 5.56. The average Bonchev–Trinajstić information content (AvgIpc) is 2.72. The average molecular weight is 481 g/mol. The predicted molar refractivity (Wildman–Crippen MR) is 106 cm³/mol. The Morgan fingerprint density at radius 3 is 2.22 bits per heavy atom. The number of aromatic nitrogens is 1. The van der Waals surface area contributed by atoms with E-state index in [0.29, 0.717) is 11.8 Å². The highest BCUT2D eigenvalue weighted by Gasteiger charge is 2.33. The third-order valence-corrected chi connectivity index (χ3v) is 5.35. The van der Waals surface area contributed by atoms with Gasteiger partial charge >= 0.3 is 18.4 Å². The molecule has 1 N–H and O–H groups in total. The lowest BCUT2D eigenvalue weighted by atomic mass is 10.1. The number of urea groups is 1. The molecule has 1 aromatic heterocycles. The maximum absolute atomic E-state index is 12.9. The first-order chi connectivity index (χ1) is 14.9. The number of anilines is 1. The fraction of sp³-hybridized carbons (Fsp3) is 0.400. The van der Waals surface area contributed by atoms with Crippen LogP contribution in [0.1, 0.15) is 29.7 Å². The molecule has 0 aliphatic carbocycles. The van der Waals surface area contributed by atoms with Crippen LogP contribution in [0.5, 0.6) is 0 Å². The molecule has 2 amide bonds. The molecule has 32 heavy (non-hydrogen) atoms. The van der Waals surface area contributed by atoms with Gasteiger partial charge in [0, 0.05) is 32.4 Å². The second kappa shape index (κ2) is 9.05. The molecule has 0 saturated carbocycles. The van der Waals surface area contributed by atoms with Crippen LogP contribution in [0.25, 0.3) is 0 Å². The number of benzene rings is 1. The van der Waals surface area contributed by atoms with Crippen molar-refractivity contribution in [2.45, 2.75) is 25.3 Å². The summed E-state index contributed by atoms with van der Waals surface area (Å²) in [5.74, 6) is 0.192. The molecular formula is C20H19ClF6N4O. The first-order valence-corrected chi connectivity index (χ1v) is 9.94. The van der Waals surface area contributed by atoms with Gasteiger partial charge in [-0.05, 0) is 30.7 Å². The number of piperazine rings is 1. The smallest absolute Gasteiger partial charge is 0.352 e. The summed E-state index contributed by atoms with van der Waals surface area (Å²) < 4.78 is 77.0. The zero-order chi connectivity index (χ0) is 23.7. The van der Waals surface area contributed by atoms with E-state index in [9.17, 15) is 31.1 Å². The van der Waals surface area contributed by atoms with Crippen LogP contribution in [0.3, 0.4) is 0 Å². The Morgan fingerprint density at radius 1 is 1.03 bits per heavy atom. The van der Waals surface area contributed by atoms with Crippen LogP contribution < -0.4 is 10.2 Å². The molecule has 1 saturated heterocycles. The molecule has 0 bridgehead atoms. The summed E-state index contributed by atoms with van der Waals surface area (Å²) in [6.45, 7) is 2.61. The van der Waals surface area contributed by atoms with E-state index >= 15 is 0 Å². The van der Waals surface area contributed by atoms with Crippen molar-refractivity contribution in [2.75, 3.05) is 31.1 Å². The van der Waals surface area contributed by atoms with Crippen LogP contribution in [-0.4, -0.2) is 42.1 Å². The number of hydrogen-bond donors (Lipinski definition) is 1. The van der Waals surface area contributed by atoms with Crippen LogP contribution in [-0.2, 0) is 12.4 Å². The standard InChI is InChI=1S/C20H19ClF6N4O/c1-12(13-3-2-4-14(9-13)19(22,23)24)29-18(32)31-7-5-30(6-8-31)17-16(21)10-15(11-28-17)20(25,26)27/h2-4,9-12H,5-8H2,1H3,(H,29,32). The highest BCUT2D eigenvalue weighted by molar-refractivity contribution is 6.33. The SMILES string of the molecule is CC(NC(=O)N1CCN(c2ncc(C(F)(F)F)cc2Cl)CC1)c1cccc(C(F)(F)F)c1. The van der Waals surface area contributed by atoms with Crippen molar-refractivity contribution in [1.29, 1.82) is 0 Å². The quantitative estimate of drug-likeness (QED) is 0.601. The molecule has 12 heteroatoms. The minimum absolute atomic E-state index is 0.143. The van der Waals surface area contributed by atoms with Gasteiger partial charge in [-0.25, -0.2) is 9.78 Å². The Morgan fingerprint density at radius 2 is 1.66 bits per heavy atom. The molecule has 3 rings (SSSR count). The number of rotatable bonds is 3. The van der Waals surface area contributed by atoms with Gasteiger partial charge in [-0.1, -0.05) is 23.7 Å². The molecule has 1 atom stereocenters. The van der Waals surface area contributed by atoms with Crippen LogP contribution >= 0.6 is 11.6 Å². The molecule has 1 fully saturated rings. The molecule has 0 radical (unpaired) electrons. The normalized spacial score (nSPS) is 16.1. The maximum atomic E-state index is 12.9. The van der Waals surface area contributed by atoms with Crippen molar-refractivity contribution in [1.82, 2.24) is 15.2 Å². The minimum Gasteiger partial charge on any atom is -0.352 e. The number of nitrogens with zero attached hydrogens (tertiary/aromatic N) is 3. The minimum atomic E-state index is -4.55. The van der Waals surface area contributed by atoms with E-state index in [2.05, 4.69) is 10.3 Å². The van der Waals surface area contributed by atoms with Gasteiger partial charge in [0.25, 0.3) is 0 Å². The van der Waals surface area contributed by atoms with E-state index in [1.54, 1.807) is 11.8 Å². The molecule has 2 aromatic rings. The Hall–Kier alpha value is -2.69. The summed E-state index contributed by atoms with van der Waals surface area (Å²) >= 11 is 5.97. The lowest BCUT2D eigenvalue weighted by Crippen LogP contribution is -2.52. The molecular weight excluding hydrogens is 462 g/mol. The summed E-state index contributed by atoms with van der Waals surface area (Å²) in [5.41, 5.74) is -1.44. The van der Waals surface area contributed by atoms with Gasteiger partial charge in [-0.3, -0.25) is 0 Å². The van der Waals surface area contributed by atoms with Gasteiger partial charge in [0.2, 0.25) is 0 Å². The van der Waals surface area contributed by atoms with Crippen molar-refractivity contribution in [3.63, 3.8) is 0 Å². The molecule has 174 valence electrons. The monoisotopic (exact) mass is 480 g/mol. The van der Waals surface area contributed by atoms with Crippen molar-refractivity contribution in [3.05, 3.63) is 58.2 Å². The van der Waals surface area contributed by atoms with Gasteiger partial charge in [0.1, 0.15) is 5.82 Å². The summed E-state index contributed by atoms with van der Waals surface area (Å²) in [5, 5.41) is 2.53. The molecule has 5 nitrogen and oxygen atoms in total. The summed E-state index contributed by atoms with van der Waals surface area (Å²) in [6, 6.07) is 4.41. The number of halogens is 7. The second-order valence-electron chi connectivity index (χ2n) is 7.30. The lowest BCUT2D eigenvalue weighted by Gasteiger charge is -2.36. The summed E-state index contributed by atoms with van der Waals surface area (Å²) in [6.07, 6.45) is -8.33. The van der Waals surface area contributed by atoms with Crippen molar-refractivity contribution >= 4 is 23.4 Å². The third-order valence-electron chi connectivity index (χ3n) is 5.07. The molecule has 2 heterocycles. The Bertz CT molecular complexity index is 973. The number of carbonyl (C=O) groups is 1. The lowest BCUT2D eigenvalue weighted by molar-refractivity contribution is -0.138. The second-order valence-corrected chi connectivity index (χ2v) is 7.70. The van der Waals surface area contributed by atoms with Gasteiger partial charge in [0.05, 0.1) is 22.2 Å². The van der Waals surface area contributed by atoms with Crippen molar-refractivity contribution < 1.29 is 31.1 Å². The first-order valence-electron chi connectivity index (χ1n) is 9.56. The van der Waals surface area contributed by atoms with E-state index in [0.717, 1.165) is 18.2 Å². The Balaban J connectivity index is 1.59. The van der Waals surface area contributed by atoms with Gasteiger partial charge in [-0.2, -0.15) is 26.3 Å². The molecule has 1 unspecified atom stereocenters. The van der Waals surface area contributed by atoms with Crippen molar-refractivity contribution in [2.24, 2.45) is 0 Å². The van der Waals surface area contributed by atoms with E-state index in [1.807, 2.05) is 0 Å². The van der Waals surface area contributed by atoms with Crippen molar-refractivity contribution in [3.8, 4) is 0 Å². The van der Waals surface area contributed by atoms with Crippen LogP contribution in [0.4, 0.5) is 37.0 Å². The maximum Gasteiger partial charge on any atom is 0.417 e. The fourth-order valence-corrected chi connectivity index (χ4v) is 3.57. The van der Waals surface area contributed by atoms with Crippen LogP contribution in [0, 0.1) is 0 Å². The van der Waals surface area contributed by atoms with Gasteiger partial charge in [0.15, 0.2) is 0 Å². The molecule has 1 aliphatic rings. The number of pyridine rings is 1. The van der Waals surface area contributed by atoms with E-state index < -0.39 is 35.6 Å². The Labute approximate surface area is 185 Å². The number of nitrogens with one attached hydrogen (secondary N) is 1. The zero-order valence-corrected chi connectivity index (χ0v) is 17.5. The molecule has 0 spiro atoms. The largest absolute Gasteiger partial charge is 0.417 e. The van der Waals surface area contributed by atoms with Crippen LogP contribution in [0.15, 0.2) is 36.5 Å². The zero-order valence-electron chi connectivity index (χ0n) is 16.8. The summed E-state index contributed by atoms with van der Waals surface area (Å²) in [7, 11) is 0. The highest BCUT2D eigenvalue weighted by atomic mass is 35.5. The fourth-order valence-electron chi connectivity index (χ4n) is 3.28. The first kappa shape index (κ1) is 24.0. The van der Waals surface area contributed by atoms with Crippen LogP contribution in [0.2, 0.25) is 5.02 Å². The predicted octanol–water partition coefficient (Wildman–Crippen LogP) is 5.37. The number of amides is 2. The van der Waals surface area contributed by atoms with Gasteiger partial charge < -0.3 is 15.1 Å². The van der Waals surface area contributed by atoms with Gasteiger partial charge in [-0.15, -0.1) is 0 Å². The highest BCUT2D eigenvalue weighted by Crippen LogP contribution is 2.34. The topological polar surface area (TPSA) is 48.5 Å².